The highest BCUT2D eigenvalue weighted by Crippen LogP contribution is 2.26. The topological polar surface area (TPSA) is 24.1 Å². The maximum Gasteiger partial charge on any atom is 0.113 e. The minimum atomic E-state index is -0.353. The molecule has 1 aromatic carbocycles. The van der Waals surface area contributed by atoms with Gasteiger partial charge in [-0.05, 0) is 5.56 Å². The van der Waals surface area contributed by atoms with E-state index >= 15 is 0 Å². The lowest BCUT2D eigenvalue weighted by molar-refractivity contribution is 0.353. The van der Waals surface area contributed by atoms with Crippen LogP contribution < -0.4 is 10.6 Å². The van der Waals surface area contributed by atoms with E-state index in [0.717, 1.165) is 5.56 Å². The van der Waals surface area contributed by atoms with Crippen LogP contribution in [0.1, 0.15) is 11.6 Å². The van der Waals surface area contributed by atoms with Gasteiger partial charge in [0.1, 0.15) is 16.5 Å². The van der Waals surface area contributed by atoms with Crippen molar-refractivity contribution in [2.24, 2.45) is 0 Å². The van der Waals surface area contributed by atoms with E-state index in [1.54, 1.807) is 0 Å². The molecule has 2 N–H and O–H groups in total. The monoisotopic (exact) mass is 264 g/mol. The fourth-order valence-electron chi connectivity index (χ4n) is 1.60. The molecule has 15 heavy (non-hydrogen) atoms. The highest BCUT2D eigenvalue weighted by molar-refractivity contribution is 6.30. The third-order valence-electron chi connectivity index (χ3n) is 2.37. The summed E-state index contributed by atoms with van der Waals surface area (Å²) in [6.45, 7) is 0. The first-order chi connectivity index (χ1) is 7.18. The number of halogens is 3. The zero-order valence-electron chi connectivity index (χ0n) is 7.83. The van der Waals surface area contributed by atoms with Gasteiger partial charge in [0.15, 0.2) is 0 Å². The standard InChI is InChI=1S/C10H11Cl3N2/c11-8-7(6-4-2-1-3-5-6)14-9(12)10(13)15-8/h1-5,7-10,14-15H. The van der Waals surface area contributed by atoms with Crippen LogP contribution in [0.4, 0.5) is 0 Å². The molecule has 1 saturated heterocycles. The summed E-state index contributed by atoms with van der Waals surface area (Å²) >= 11 is 18.1. The molecule has 0 amide bonds. The normalized spacial score (nSPS) is 36.5. The minimum Gasteiger partial charge on any atom is -0.289 e. The summed E-state index contributed by atoms with van der Waals surface area (Å²) < 4.78 is 0. The Labute approximate surface area is 104 Å². The van der Waals surface area contributed by atoms with E-state index in [-0.39, 0.29) is 22.5 Å². The van der Waals surface area contributed by atoms with E-state index in [1.807, 2.05) is 30.3 Å². The van der Waals surface area contributed by atoms with E-state index in [2.05, 4.69) is 10.6 Å². The summed E-state index contributed by atoms with van der Waals surface area (Å²) in [5.74, 6) is 0. The summed E-state index contributed by atoms with van der Waals surface area (Å²) in [5, 5.41) is 6.19. The van der Waals surface area contributed by atoms with Gasteiger partial charge in [-0.3, -0.25) is 10.6 Å². The van der Waals surface area contributed by atoms with Crippen molar-refractivity contribution >= 4 is 34.8 Å². The lowest BCUT2D eigenvalue weighted by Gasteiger charge is -2.36. The van der Waals surface area contributed by atoms with E-state index in [0.29, 0.717) is 0 Å². The van der Waals surface area contributed by atoms with Gasteiger partial charge in [-0.15, -0.1) is 34.8 Å². The van der Waals surface area contributed by atoms with E-state index in [4.69, 9.17) is 34.8 Å². The Morgan fingerprint density at radius 1 is 0.800 bits per heavy atom. The quantitative estimate of drug-likeness (QED) is 0.602. The zero-order valence-corrected chi connectivity index (χ0v) is 10.1. The molecule has 0 aliphatic carbocycles. The first kappa shape index (κ1) is 11.5. The van der Waals surface area contributed by atoms with Crippen molar-refractivity contribution < 1.29 is 0 Å². The fourth-order valence-corrected chi connectivity index (χ4v) is 2.43. The summed E-state index contributed by atoms with van der Waals surface area (Å²) in [6, 6.07) is 9.89. The number of hydrogen-bond acceptors (Lipinski definition) is 2. The lowest BCUT2D eigenvalue weighted by Crippen LogP contribution is -2.56. The van der Waals surface area contributed by atoms with Crippen LogP contribution in [0, 0.1) is 0 Å². The molecule has 2 rings (SSSR count). The molecule has 1 aliphatic rings. The third-order valence-corrected chi connectivity index (χ3v) is 3.63. The highest BCUT2D eigenvalue weighted by atomic mass is 35.5. The third kappa shape index (κ3) is 2.58. The number of piperazine rings is 1. The number of rotatable bonds is 1. The number of hydrogen-bond donors (Lipinski definition) is 2. The predicted molar refractivity (Wildman–Crippen MR) is 64.4 cm³/mol. The second-order valence-corrected chi connectivity index (χ2v) is 4.84. The van der Waals surface area contributed by atoms with Gasteiger partial charge in [-0.25, -0.2) is 0 Å². The Bertz CT molecular complexity index is 320. The van der Waals surface area contributed by atoms with Gasteiger partial charge >= 0.3 is 0 Å². The second-order valence-electron chi connectivity index (χ2n) is 3.43. The average molecular weight is 266 g/mol. The molecular weight excluding hydrogens is 254 g/mol. The minimum absolute atomic E-state index is 0.0228. The highest BCUT2D eigenvalue weighted by Gasteiger charge is 2.33. The van der Waals surface area contributed by atoms with Gasteiger partial charge in [-0.2, -0.15) is 0 Å². The first-order valence-corrected chi connectivity index (χ1v) is 5.98. The van der Waals surface area contributed by atoms with Gasteiger partial charge in [0.2, 0.25) is 0 Å². The van der Waals surface area contributed by atoms with Gasteiger partial charge < -0.3 is 0 Å². The van der Waals surface area contributed by atoms with Crippen molar-refractivity contribution in [3.05, 3.63) is 35.9 Å². The van der Waals surface area contributed by atoms with Crippen molar-refractivity contribution in [1.82, 2.24) is 10.6 Å². The fraction of sp³-hybridized carbons (Fsp3) is 0.400. The second kappa shape index (κ2) is 4.89. The van der Waals surface area contributed by atoms with E-state index in [9.17, 15) is 0 Å². The van der Waals surface area contributed by atoms with Gasteiger partial charge in [-0.1, -0.05) is 30.3 Å². The maximum atomic E-state index is 6.16. The largest absolute Gasteiger partial charge is 0.289 e. The number of nitrogens with one attached hydrogen (secondary N) is 2. The molecular formula is C10H11Cl3N2. The van der Waals surface area contributed by atoms with Crippen LogP contribution in [0.3, 0.4) is 0 Å². The predicted octanol–water partition coefficient (Wildman–Crippen LogP) is 2.62. The van der Waals surface area contributed by atoms with Gasteiger partial charge in [0.05, 0.1) is 6.04 Å². The summed E-state index contributed by atoms with van der Waals surface area (Å²) in [4.78, 5) is 0. The molecule has 1 aliphatic heterocycles. The Morgan fingerprint density at radius 2 is 1.40 bits per heavy atom. The Balaban J connectivity index is 2.16. The summed E-state index contributed by atoms with van der Waals surface area (Å²) in [6.07, 6.45) is 0. The molecule has 4 atom stereocenters. The maximum absolute atomic E-state index is 6.16. The van der Waals surface area contributed by atoms with E-state index in [1.165, 1.54) is 0 Å². The smallest absolute Gasteiger partial charge is 0.113 e. The molecule has 4 unspecified atom stereocenters. The van der Waals surface area contributed by atoms with Crippen LogP contribution in [0.5, 0.6) is 0 Å². The lowest BCUT2D eigenvalue weighted by atomic mass is 10.1. The average Bonchev–Trinajstić information content (AvgIpc) is 2.25. The first-order valence-electron chi connectivity index (χ1n) is 4.68. The van der Waals surface area contributed by atoms with Gasteiger partial charge in [0, 0.05) is 0 Å². The molecule has 5 heteroatoms. The molecule has 1 heterocycles. The van der Waals surface area contributed by atoms with Crippen LogP contribution in [0.25, 0.3) is 0 Å². The molecule has 0 radical (unpaired) electrons. The van der Waals surface area contributed by atoms with Crippen LogP contribution in [-0.4, -0.2) is 16.5 Å². The molecule has 2 nitrogen and oxygen atoms in total. The van der Waals surface area contributed by atoms with Crippen molar-refractivity contribution in [2.45, 2.75) is 22.5 Å². The molecule has 0 saturated carbocycles. The van der Waals surface area contributed by atoms with Crippen molar-refractivity contribution in [2.75, 3.05) is 0 Å². The number of alkyl halides is 3. The Morgan fingerprint density at radius 3 is 2.07 bits per heavy atom. The van der Waals surface area contributed by atoms with Crippen molar-refractivity contribution in [1.29, 1.82) is 0 Å². The van der Waals surface area contributed by atoms with Crippen molar-refractivity contribution in [3.63, 3.8) is 0 Å². The van der Waals surface area contributed by atoms with Crippen LogP contribution in [0.2, 0.25) is 0 Å². The zero-order chi connectivity index (χ0) is 10.8. The van der Waals surface area contributed by atoms with Crippen LogP contribution in [0.15, 0.2) is 30.3 Å². The molecule has 0 aromatic heterocycles. The van der Waals surface area contributed by atoms with Crippen LogP contribution >= 0.6 is 34.8 Å². The van der Waals surface area contributed by atoms with Crippen LogP contribution in [-0.2, 0) is 0 Å². The molecule has 0 bridgehead atoms. The van der Waals surface area contributed by atoms with E-state index < -0.39 is 0 Å². The SMILES string of the molecule is ClC1NC(Cl)C(c2ccccc2)NC1Cl. The molecule has 82 valence electrons. The molecule has 1 fully saturated rings. The summed E-state index contributed by atoms with van der Waals surface area (Å²) in [5.41, 5.74) is 0.158. The molecule has 0 spiro atoms. The number of benzene rings is 1. The summed E-state index contributed by atoms with van der Waals surface area (Å²) in [7, 11) is 0. The Hall–Kier alpha value is 0.01000. The van der Waals surface area contributed by atoms with Crippen molar-refractivity contribution in [3.8, 4) is 0 Å². The van der Waals surface area contributed by atoms with Gasteiger partial charge in [0.25, 0.3) is 0 Å². The Kier molecular flexibility index (Phi) is 3.75. The molecule has 1 aromatic rings.